The fourth-order valence-electron chi connectivity index (χ4n) is 3.64. The van der Waals surface area contributed by atoms with Crippen molar-refractivity contribution < 1.29 is 4.79 Å². The van der Waals surface area contributed by atoms with Gasteiger partial charge in [-0.05, 0) is 38.7 Å². The predicted molar refractivity (Wildman–Crippen MR) is 113 cm³/mol. The minimum Gasteiger partial charge on any atom is -0.357 e. The van der Waals surface area contributed by atoms with E-state index in [0.29, 0.717) is 24.3 Å². The second kappa shape index (κ2) is 11.0. The molecule has 2 unspecified atom stereocenters. The molecule has 0 bridgehead atoms. The largest absolute Gasteiger partial charge is 0.357 e. The van der Waals surface area contributed by atoms with E-state index in [0.717, 1.165) is 51.4 Å². The van der Waals surface area contributed by atoms with Crippen LogP contribution in [0.2, 0.25) is 0 Å². The van der Waals surface area contributed by atoms with E-state index in [1.807, 2.05) is 0 Å². The summed E-state index contributed by atoms with van der Waals surface area (Å²) in [6.45, 7) is 11.9. The van der Waals surface area contributed by atoms with Crippen molar-refractivity contribution in [1.29, 1.82) is 0 Å². The first-order valence-electron chi connectivity index (χ1n) is 10.4. The quantitative estimate of drug-likeness (QED) is 0.516. The van der Waals surface area contributed by atoms with Crippen molar-refractivity contribution in [2.45, 2.75) is 65.3 Å². The Balaban J connectivity index is 1.86. The zero-order chi connectivity index (χ0) is 19.6. The number of aryl methyl sites for hydroxylation is 1. The zero-order valence-corrected chi connectivity index (χ0v) is 17.4. The Morgan fingerprint density at radius 2 is 2.11 bits per heavy atom. The summed E-state index contributed by atoms with van der Waals surface area (Å²) in [6.07, 6.45) is 3.68. The molecular formula is C22H36N4O. The molecule has 2 N–H and O–H groups in total. The SMILES string of the molecule is CCNC(=NCC(C)c1cccc(C)c1)NCCC(CC)N1CCCC1=O. The smallest absolute Gasteiger partial charge is 0.222 e. The van der Waals surface area contributed by atoms with Crippen molar-refractivity contribution in [3.05, 3.63) is 35.4 Å². The number of guanidine groups is 1. The van der Waals surface area contributed by atoms with Crippen LogP contribution in [-0.2, 0) is 4.79 Å². The maximum absolute atomic E-state index is 12.0. The molecule has 1 heterocycles. The van der Waals surface area contributed by atoms with Crippen LogP contribution in [0.4, 0.5) is 0 Å². The summed E-state index contributed by atoms with van der Waals surface area (Å²) in [4.78, 5) is 18.8. The second-order valence-corrected chi connectivity index (χ2v) is 7.50. The molecule has 1 saturated heterocycles. The highest BCUT2D eigenvalue weighted by atomic mass is 16.2. The Kier molecular flexibility index (Phi) is 8.62. The molecule has 150 valence electrons. The number of nitrogens with one attached hydrogen (secondary N) is 2. The van der Waals surface area contributed by atoms with Crippen LogP contribution in [0.25, 0.3) is 0 Å². The van der Waals surface area contributed by atoms with E-state index in [4.69, 9.17) is 4.99 Å². The van der Waals surface area contributed by atoms with Gasteiger partial charge in [0.25, 0.3) is 0 Å². The summed E-state index contributed by atoms with van der Waals surface area (Å²) in [5, 5.41) is 6.77. The average molecular weight is 373 g/mol. The molecule has 1 fully saturated rings. The van der Waals surface area contributed by atoms with E-state index in [9.17, 15) is 4.79 Å². The molecule has 1 aliphatic heterocycles. The Morgan fingerprint density at radius 1 is 1.30 bits per heavy atom. The van der Waals surface area contributed by atoms with Crippen molar-refractivity contribution in [3.8, 4) is 0 Å². The third-order valence-electron chi connectivity index (χ3n) is 5.27. The van der Waals surface area contributed by atoms with Crippen LogP contribution in [0.1, 0.15) is 63.5 Å². The van der Waals surface area contributed by atoms with Gasteiger partial charge in [-0.25, -0.2) is 0 Å². The number of hydrogen-bond acceptors (Lipinski definition) is 2. The second-order valence-electron chi connectivity index (χ2n) is 7.50. The fourth-order valence-corrected chi connectivity index (χ4v) is 3.64. The first-order valence-corrected chi connectivity index (χ1v) is 10.4. The van der Waals surface area contributed by atoms with Crippen LogP contribution in [-0.4, -0.2) is 49.0 Å². The summed E-state index contributed by atoms with van der Waals surface area (Å²) < 4.78 is 0. The van der Waals surface area contributed by atoms with Crippen molar-refractivity contribution in [2.75, 3.05) is 26.2 Å². The zero-order valence-electron chi connectivity index (χ0n) is 17.4. The Labute approximate surface area is 164 Å². The van der Waals surface area contributed by atoms with Gasteiger partial charge in [-0.3, -0.25) is 9.79 Å². The highest BCUT2D eigenvalue weighted by Crippen LogP contribution is 2.18. The van der Waals surface area contributed by atoms with Crippen molar-refractivity contribution >= 4 is 11.9 Å². The average Bonchev–Trinajstić information content (AvgIpc) is 3.08. The lowest BCUT2D eigenvalue weighted by atomic mass is 10.00. The summed E-state index contributed by atoms with van der Waals surface area (Å²) in [7, 11) is 0. The van der Waals surface area contributed by atoms with E-state index >= 15 is 0 Å². The van der Waals surface area contributed by atoms with E-state index in [-0.39, 0.29) is 0 Å². The van der Waals surface area contributed by atoms with Crippen molar-refractivity contribution in [1.82, 2.24) is 15.5 Å². The molecule has 0 aliphatic carbocycles. The number of carbonyl (C=O) groups excluding carboxylic acids is 1. The summed E-state index contributed by atoms with van der Waals surface area (Å²) >= 11 is 0. The summed E-state index contributed by atoms with van der Waals surface area (Å²) in [6, 6.07) is 8.98. The number of likely N-dealkylation sites (tertiary alicyclic amines) is 1. The maximum atomic E-state index is 12.0. The van der Waals surface area contributed by atoms with Crippen LogP contribution < -0.4 is 10.6 Å². The Hall–Kier alpha value is -2.04. The number of rotatable bonds is 9. The minimum absolute atomic E-state index is 0.314. The highest BCUT2D eigenvalue weighted by molar-refractivity contribution is 5.80. The molecule has 27 heavy (non-hydrogen) atoms. The van der Waals surface area contributed by atoms with E-state index in [1.54, 1.807) is 0 Å². The molecule has 0 aromatic heterocycles. The molecular weight excluding hydrogens is 336 g/mol. The molecule has 0 radical (unpaired) electrons. The first-order chi connectivity index (χ1) is 13.0. The van der Waals surface area contributed by atoms with Crippen molar-refractivity contribution in [3.63, 3.8) is 0 Å². The topological polar surface area (TPSA) is 56.7 Å². The number of nitrogens with zero attached hydrogens (tertiary/aromatic N) is 2. The molecule has 2 rings (SSSR count). The lowest BCUT2D eigenvalue weighted by molar-refractivity contribution is -0.129. The third-order valence-corrected chi connectivity index (χ3v) is 5.27. The van der Waals surface area contributed by atoms with E-state index in [1.165, 1.54) is 11.1 Å². The third kappa shape index (κ3) is 6.56. The van der Waals surface area contributed by atoms with Gasteiger partial charge in [0.05, 0.1) is 0 Å². The number of hydrogen-bond donors (Lipinski definition) is 2. The molecule has 2 atom stereocenters. The van der Waals surface area contributed by atoms with Gasteiger partial charge < -0.3 is 15.5 Å². The van der Waals surface area contributed by atoms with Gasteiger partial charge in [0.1, 0.15) is 0 Å². The van der Waals surface area contributed by atoms with Crippen LogP contribution >= 0.6 is 0 Å². The number of benzene rings is 1. The monoisotopic (exact) mass is 372 g/mol. The Morgan fingerprint density at radius 3 is 2.74 bits per heavy atom. The van der Waals surface area contributed by atoms with Crippen molar-refractivity contribution in [2.24, 2.45) is 4.99 Å². The normalized spacial score (nSPS) is 17.1. The summed E-state index contributed by atoms with van der Waals surface area (Å²) in [5.41, 5.74) is 2.61. The van der Waals surface area contributed by atoms with Crippen LogP contribution in [0, 0.1) is 6.92 Å². The van der Waals surface area contributed by atoms with Gasteiger partial charge in [0, 0.05) is 44.6 Å². The lowest BCUT2D eigenvalue weighted by Crippen LogP contribution is -2.42. The lowest BCUT2D eigenvalue weighted by Gasteiger charge is -2.27. The first kappa shape index (κ1) is 21.3. The molecule has 1 aromatic carbocycles. The number of aliphatic imine (C=N–C) groups is 1. The summed E-state index contributed by atoms with van der Waals surface area (Å²) in [5.74, 6) is 1.56. The molecule has 1 amide bonds. The van der Waals surface area contributed by atoms with Crippen LogP contribution in [0.15, 0.2) is 29.3 Å². The van der Waals surface area contributed by atoms with Gasteiger partial charge in [-0.15, -0.1) is 0 Å². The van der Waals surface area contributed by atoms with Gasteiger partial charge in [-0.2, -0.15) is 0 Å². The molecule has 0 spiro atoms. The standard InChI is InChI=1S/C22H36N4O/c1-5-20(26-14-8-11-21(26)27)12-13-24-22(23-6-2)25-16-18(4)19-10-7-9-17(3)15-19/h7,9-10,15,18,20H,5-6,8,11-14,16H2,1-4H3,(H2,23,24,25). The van der Waals surface area contributed by atoms with Crippen LogP contribution in [0.3, 0.4) is 0 Å². The predicted octanol–water partition coefficient (Wildman–Crippen LogP) is 3.44. The molecule has 0 saturated carbocycles. The molecule has 5 nitrogen and oxygen atoms in total. The molecule has 1 aromatic rings. The van der Waals surface area contributed by atoms with Gasteiger partial charge >= 0.3 is 0 Å². The number of amides is 1. The van der Waals surface area contributed by atoms with Gasteiger partial charge in [-0.1, -0.05) is 43.7 Å². The minimum atomic E-state index is 0.314. The maximum Gasteiger partial charge on any atom is 0.222 e. The van der Waals surface area contributed by atoms with Gasteiger partial charge in [0.2, 0.25) is 5.91 Å². The molecule has 5 heteroatoms. The van der Waals surface area contributed by atoms with E-state index < -0.39 is 0 Å². The van der Waals surface area contributed by atoms with E-state index in [2.05, 4.69) is 67.5 Å². The van der Waals surface area contributed by atoms with Crippen LogP contribution in [0.5, 0.6) is 0 Å². The highest BCUT2D eigenvalue weighted by Gasteiger charge is 2.26. The van der Waals surface area contributed by atoms with Gasteiger partial charge in [0.15, 0.2) is 5.96 Å². The number of carbonyl (C=O) groups is 1. The molecule has 1 aliphatic rings. The Bertz CT molecular complexity index is 628. The fraction of sp³-hybridized carbons (Fsp3) is 0.636.